The van der Waals surface area contributed by atoms with Gasteiger partial charge in [0, 0.05) is 12.6 Å². The van der Waals surface area contributed by atoms with Gasteiger partial charge in [-0.1, -0.05) is 33.6 Å². The second kappa shape index (κ2) is 4.68. The van der Waals surface area contributed by atoms with E-state index in [0.29, 0.717) is 5.41 Å². The highest BCUT2D eigenvalue weighted by Gasteiger charge is 2.37. The molecule has 0 aliphatic heterocycles. The van der Waals surface area contributed by atoms with Crippen molar-refractivity contribution in [3.63, 3.8) is 0 Å². The molecular weight excluding hydrogens is 194 g/mol. The Hall–Kier alpha value is -0.0400. The summed E-state index contributed by atoms with van der Waals surface area (Å²) < 4.78 is 0. The van der Waals surface area contributed by atoms with Crippen LogP contribution in [0.3, 0.4) is 0 Å². The Morgan fingerprint density at radius 2 is 1.56 bits per heavy atom. The van der Waals surface area contributed by atoms with Gasteiger partial charge >= 0.3 is 0 Å². The summed E-state index contributed by atoms with van der Waals surface area (Å²) in [6.07, 6.45) is 11.9. The third kappa shape index (κ3) is 3.23. The summed E-state index contributed by atoms with van der Waals surface area (Å²) in [5.41, 5.74) is 1.22. The third-order valence-corrected chi connectivity index (χ3v) is 4.63. The first-order valence-electron chi connectivity index (χ1n) is 7.23. The van der Waals surface area contributed by atoms with Crippen LogP contribution in [0.4, 0.5) is 0 Å². The molecule has 0 aromatic heterocycles. The van der Waals surface area contributed by atoms with E-state index >= 15 is 0 Å². The van der Waals surface area contributed by atoms with Crippen LogP contribution in [-0.4, -0.2) is 12.6 Å². The SMILES string of the molecule is CC(C)(C)CNC1CCC2(CCCC2)CC1. The zero-order valence-electron chi connectivity index (χ0n) is 11.4. The van der Waals surface area contributed by atoms with Crippen LogP contribution in [0.25, 0.3) is 0 Å². The fourth-order valence-corrected chi connectivity index (χ4v) is 3.51. The molecule has 0 aromatic carbocycles. The molecule has 0 bridgehead atoms. The van der Waals surface area contributed by atoms with Gasteiger partial charge < -0.3 is 5.32 Å². The topological polar surface area (TPSA) is 12.0 Å². The molecule has 0 unspecified atom stereocenters. The van der Waals surface area contributed by atoms with E-state index in [1.165, 1.54) is 57.9 Å². The maximum atomic E-state index is 3.77. The van der Waals surface area contributed by atoms with E-state index in [1.54, 1.807) is 0 Å². The fourth-order valence-electron chi connectivity index (χ4n) is 3.51. The molecule has 94 valence electrons. The van der Waals surface area contributed by atoms with E-state index in [1.807, 2.05) is 0 Å². The number of hydrogen-bond acceptors (Lipinski definition) is 1. The van der Waals surface area contributed by atoms with Gasteiger partial charge in [0.25, 0.3) is 0 Å². The summed E-state index contributed by atoms with van der Waals surface area (Å²) in [6.45, 7) is 8.13. The lowest BCUT2D eigenvalue weighted by atomic mass is 9.71. The van der Waals surface area contributed by atoms with Crippen molar-refractivity contribution < 1.29 is 0 Å². The van der Waals surface area contributed by atoms with Crippen molar-refractivity contribution in [2.75, 3.05) is 6.54 Å². The van der Waals surface area contributed by atoms with E-state index in [0.717, 1.165) is 11.5 Å². The number of rotatable bonds is 2. The first-order valence-corrected chi connectivity index (χ1v) is 7.23. The molecule has 16 heavy (non-hydrogen) atoms. The Labute approximate surface area is 101 Å². The molecule has 0 aromatic rings. The molecule has 0 saturated heterocycles. The average molecular weight is 223 g/mol. The second-order valence-electron chi connectivity index (χ2n) is 7.42. The van der Waals surface area contributed by atoms with Crippen LogP contribution in [0.15, 0.2) is 0 Å². The first-order chi connectivity index (χ1) is 7.49. The van der Waals surface area contributed by atoms with E-state index in [2.05, 4.69) is 26.1 Å². The van der Waals surface area contributed by atoms with Gasteiger partial charge in [0.1, 0.15) is 0 Å². The molecule has 1 spiro atoms. The molecule has 0 atom stereocenters. The zero-order chi connectivity index (χ0) is 11.6. The molecule has 0 amide bonds. The molecule has 2 fully saturated rings. The van der Waals surface area contributed by atoms with Gasteiger partial charge in [0.05, 0.1) is 0 Å². The highest BCUT2D eigenvalue weighted by atomic mass is 14.9. The van der Waals surface area contributed by atoms with E-state index in [4.69, 9.17) is 0 Å². The van der Waals surface area contributed by atoms with Crippen LogP contribution >= 0.6 is 0 Å². The molecule has 1 N–H and O–H groups in total. The Kier molecular flexibility index (Phi) is 3.63. The van der Waals surface area contributed by atoms with Gasteiger partial charge in [0.2, 0.25) is 0 Å². The Morgan fingerprint density at radius 3 is 2.06 bits per heavy atom. The van der Waals surface area contributed by atoms with Crippen molar-refractivity contribution in [2.24, 2.45) is 10.8 Å². The Morgan fingerprint density at radius 1 is 1.00 bits per heavy atom. The minimum atomic E-state index is 0.433. The van der Waals surface area contributed by atoms with Gasteiger partial charge in [0.15, 0.2) is 0 Å². The lowest BCUT2D eigenvalue weighted by Crippen LogP contribution is -2.40. The van der Waals surface area contributed by atoms with Gasteiger partial charge in [-0.25, -0.2) is 0 Å². The summed E-state index contributed by atoms with van der Waals surface area (Å²) in [4.78, 5) is 0. The Balaban J connectivity index is 1.73. The molecule has 0 heterocycles. The molecule has 2 aliphatic carbocycles. The van der Waals surface area contributed by atoms with Crippen molar-refractivity contribution in [2.45, 2.75) is 78.2 Å². The zero-order valence-corrected chi connectivity index (χ0v) is 11.4. The predicted molar refractivity (Wildman–Crippen MR) is 70.6 cm³/mol. The van der Waals surface area contributed by atoms with Crippen molar-refractivity contribution in [1.29, 1.82) is 0 Å². The largest absolute Gasteiger partial charge is 0.313 e. The van der Waals surface area contributed by atoms with Crippen LogP contribution in [-0.2, 0) is 0 Å². The average Bonchev–Trinajstić information content (AvgIpc) is 2.65. The summed E-state index contributed by atoms with van der Waals surface area (Å²) in [5, 5.41) is 3.77. The van der Waals surface area contributed by atoms with E-state index in [9.17, 15) is 0 Å². The lowest BCUT2D eigenvalue weighted by Gasteiger charge is -2.38. The maximum absolute atomic E-state index is 3.77. The maximum Gasteiger partial charge on any atom is 0.00676 e. The van der Waals surface area contributed by atoms with E-state index < -0.39 is 0 Å². The monoisotopic (exact) mass is 223 g/mol. The van der Waals surface area contributed by atoms with Gasteiger partial charge in [-0.05, 0) is 49.4 Å². The normalized spacial score (nSPS) is 26.4. The second-order valence-corrected chi connectivity index (χ2v) is 7.42. The highest BCUT2D eigenvalue weighted by molar-refractivity contribution is 4.91. The molecule has 0 radical (unpaired) electrons. The van der Waals surface area contributed by atoms with Crippen LogP contribution < -0.4 is 5.32 Å². The van der Waals surface area contributed by atoms with Crippen molar-refractivity contribution in [3.8, 4) is 0 Å². The standard InChI is InChI=1S/C15H29N/c1-14(2,3)12-16-13-6-10-15(11-7-13)8-4-5-9-15/h13,16H,4-12H2,1-3H3. The lowest BCUT2D eigenvalue weighted by molar-refractivity contribution is 0.162. The Bertz CT molecular complexity index is 210. The molecule has 2 saturated carbocycles. The summed E-state index contributed by atoms with van der Waals surface area (Å²) in [7, 11) is 0. The molecule has 1 nitrogen and oxygen atoms in total. The predicted octanol–water partition coefficient (Wildman–Crippen LogP) is 4.13. The van der Waals surface area contributed by atoms with Crippen LogP contribution in [0.2, 0.25) is 0 Å². The number of nitrogens with one attached hydrogen (secondary N) is 1. The smallest absolute Gasteiger partial charge is 0.00676 e. The van der Waals surface area contributed by atoms with Crippen molar-refractivity contribution in [1.82, 2.24) is 5.32 Å². The van der Waals surface area contributed by atoms with Gasteiger partial charge in [-0.15, -0.1) is 0 Å². The number of hydrogen-bond donors (Lipinski definition) is 1. The van der Waals surface area contributed by atoms with Gasteiger partial charge in [-0.3, -0.25) is 0 Å². The summed E-state index contributed by atoms with van der Waals surface area (Å²) in [6, 6.07) is 0.811. The minimum Gasteiger partial charge on any atom is -0.313 e. The summed E-state index contributed by atoms with van der Waals surface area (Å²) in [5.74, 6) is 0. The molecule has 2 aliphatic rings. The fraction of sp³-hybridized carbons (Fsp3) is 1.00. The van der Waals surface area contributed by atoms with Crippen molar-refractivity contribution >= 4 is 0 Å². The van der Waals surface area contributed by atoms with Crippen LogP contribution in [0.1, 0.15) is 72.1 Å². The minimum absolute atomic E-state index is 0.433. The van der Waals surface area contributed by atoms with Gasteiger partial charge in [-0.2, -0.15) is 0 Å². The summed E-state index contributed by atoms with van der Waals surface area (Å²) >= 11 is 0. The van der Waals surface area contributed by atoms with Crippen molar-refractivity contribution in [3.05, 3.63) is 0 Å². The highest BCUT2D eigenvalue weighted by Crippen LogP contribution is 2.48. The quantitative estimate of drug-likeness (QED) is 0.742. The van der Waals surface area contributed by atoms with Crippen LogP contribution in [0, 0.1) is 10.8 Å². The third-order valence-electron chi connectivity index (χ3n) is 4.63. The molecular formula is C15H29N. The molecule has 1 heteroatoms. The molecule has 2 rings (SSSR count). The first kappa shape index (κ1) is 12.4. The van der Waals surface area contributed by atoms with Crippen LogP contribution in [0.5, 0.6) is 0 Å². The van der Waals surface area contributed by atoms with E-state index in [-0.39, 0.29) is 0 Å².